The molecule has 1 fully saturated rings. The van der Waals surface area contributed by atoms with Crippen LogP contribution >= 0.6 is 0 Å². The third-order valence-electron chi connectivity index (χ3n) is 4.19. The Morgan fingerprint density at radius 2 is 1.68 bits per heavy atom. The maximum atomic E-state index is 13.8. The number of benzene rings is 1. The third-order valence-corrected chi connectivity index (χ3v) is 4.19. The first-order valence-corrected chi connectivity index (χ1v) is 7.03. The van der Waals surface area contributed by atoms with Crippen molar-refractivity contribution in [2.75, 3.05) is 0 Å². The fraction of sp³-hybridized carbons (Fsp3) is 0.562. The molecule has 0 aromatic heterocycles. The summed E-state index contributed by atoms with van der Waals surface area (Å²) >= 11 is 0. The molecule has 2 rings (SSSR count). The zero-order valence-corrected chi connectivity index (χ0v) is 11.1. The predicted octanol–water partition coefficient (Wildman–Crippen LogP) is 4.11. The average Bonchev–Trinajstić information content (AvgIpc) is 2.39. The van der Waals surface area contributed by atoms with Crippen molar-refractivity contribution in [3.8, 4) is 6.07 Å². The molecule has 3 heteroatoms. The maximum Gasteiger partial charge on any atom is 0.129 e. The molecule has 1 aliphatic carbocycles. The Balaban J connectivity index is 2.29. The van der Waals surface area contributed by atoms with Crippen molar-refractivity contribution < 1.29 is 9.50 Å². The van der Waals surface area contributed by atoms with Crippen LogP contribution in [0.25, 0.3) is 0 Å². The summed E-state index contributed by atoms with van der Waals surface area (Å²) in [6.07, 6.45) is 5.51. The van der Waals surface area contributed by atoms with E-state index in [-0.39, 0.29) is 5.56 Å². The number of hydrogen-bond acceptors (Lipinski definition) is 2. The quantitative estimate of drug-likeness (QED) is 0.870. The summed E-state index contributed by atoms with van der Waals surface area (Å²) in [5.41, 5.74) is -0.576. The van der Waals surface area contributed by atoms with E-state index in [9.17, 15) is 14.8 Å². The molecule has 0 bridgehead atoms. The van der Waals surface area contributed by atoms with Gasteiger partial charge in [-0.05, 0) is 18.9 Å². The Morgan fingerprint density at radius 1 is 1.11 bits per heavy atom. The van der Waals surface area contributed by atoms with Gasteiger partial charge in [-0.1, -0.05) is 50.3 Å². The smallest absolute Gasteiger partial charge is 0.129 e. The van der Waals surface area contributed by atoms with Crippen molar-refractivity contribution in [2.45, 2.75) is 51.0 Å². The Hall–Kier alpha value is -1.40. The Bertz CT molecular complexity index is 458. The van der Waals surface area contributed by atoms with Crippen LogP contribution in [0, 0.1) is 22.6 Å². The highest BCUT2D eigenvalue weighted by Crippen LogP contribution is 2.44. The molecule has 0 radical (unpaired) electrons. The standard InChI is InChI=1S/C16H20FNO/c17-14-9-5-4-8-13(14)15(19)16(12-18)10-6-2-1-3-7-11-16/h4-5,8-9,15,19H,1-3,6-7,10-11H2. The fourth-order valence-corrected chi connectivity index (χ4v) is 2.98. The number of nitrogens with zero attached hydrogens (tertiary/aromatic N) is 1. The Labute approximate surface area is 113 Å². The van der Waals surface area contributed by atoms with Gasteiger partial charge < -0.3 is 5.11 Å². The maximum absolute atomic E-state index is 13.8. The molecule has 1 N–H and O–H groups in total. The van der Waals surface area contributed by atoms with Gasteiger partial charge in [-0.3, -0.25) is 0 Å². The van der Waals surface area contributed by atoms with E-state index in [2.05, 4.69) is 6.07 Å². The van der Waals surface area contributed by atoms with Crippen LogP contribution in [-0.4, -0.2) is 5.11 Å². The van der Waals surface area contributed by atoms with Crippen LogP contribution in [-0.2, 0) is 0 Å². The highest BCUT2D eigenvalue weighted by Gasteiger charge is 2.39. The summed E-state index contributed by atoms with van der Waals surface area (Å²) in [6.45, 7) is 0. The van der Waals surface area contributed by atoms with Gasteiger partial charge in [0.2, 0.25) is 0 Å². The van der Waals surface area contributed by atoms with Crippen LogP contribution in [0.3, 0.4) is 0 Å². The van der Waals surface area contributed by atoms with Gasteiger partial charge in [-0.2, -0.15) is 5.26 Å². The van der Waals surface area contributed by atoms with E-state index in [0.29, 0.717) is 12.8 Å². The molecule has 19 heavy (non-hydrogen) atoms. The summed E-state index contributed by atoms with van der Waals surface area (Å²) in [7, 11) is 0. The summed E-state index contributed by atoms with van der Waals surface area (Å²) in [5.74, 6) is -0.424. The lowest BCUT2D eigenvalue weighted by Gasteiger charge is -2.33. The van der Waals surface area contributed by atoms with Gasteiger partial charge in [0.1, 0.15) is 11.9 Å². The first-order chi connectivity index (χ1) is 9.19. The van der Waals surface area contributed by atoms with E-state index in [1.807, 2.05) is 0 Å². The molecule has 0 heterocycles. The molecule has 1 unspecified atom stereocenters. The Kier molecular flexibility index (Phi) is 4.55. The van der Waals surface area contributed by atoms with Crippen LogP contribution in [0.4, 0.5) is 4.39 Å². The highest BCUT2D eigenvalue weighted by atomic mass is 19.1. The minimum Gasteiger partial charge on any atom is -0.387 e. The molecule has 0 aliphatic heterocycles. The normalized spacial score (nSPS) is 20.9. The van der Waals surface area contributed by atoms with Crippen LogP contribution < -0.4 is 0 Å². The molecule has 1 atom stereocenters. The number of nitriles is 1. The summed E-state index contributed by atoms with van der Waals surface area (Å²) in [5, 5.41) is 20.1. The lowest BCUT2D eigenvalue weighted by atomic mass is 9.71. The van der Waals surface area contributed by atoms with Crippen molar-refractivity contribution >= 4 is 0 Å². The van der Waals surface area contributed by atoms with E-state index in [0.717, 1.165) is 25.7 Å². The Morgan fingerprint density at radius 3 is 2.26 bits per heavy atom. The van der Waals surface area contributed by atoms with E-state index >= 15 is 0 Å². The molecule has 1 aromatic rings. The first-order valence-electron chi connectivity index (χ1n) is 7.03. The van der Waals surface area contributed by atoms with Gasteiger partial charge in [0, 0.05) is 5.56 Å². The number of hydrogen-bond donors (Lipinski definition) is 1. The van der Waals surface area contributed by atoms with Gasteiger partial charge >= 0.3 is 0 Å². The zero-order chi connectivity index (χ0) is 13.7. The largest absolute Gasteiger partial charge is 0.387 e. The molecular formula is C16H20FNO. The lowest BCUT2D eigenvalue weighted by Crippen LogP contribution is -2.29. The van der Waals surface area contributed by atoms with Gasteiger partial charge in [0.25, 0.3) is 0 Å². The number of halogens is 1. The zero-order valence-electron chi connectivity index (χ0n) is 11.1. The number of aliphatic hydroxyl groups is 1. The molecular weight excluding hydrogens is 241 g/mol. The van der Waals surface area contributed by atoms with Gasteiger partial charge in [-0.15, -0.1) is 0 Å². The molecule has 2 nitrogen and oxygen atoms in total. The molecule has 1 saturated carbocycles. The minimum atomic E-state index is -1.03. The first kappa shape index (κ1) is 14.0. The summed E-state index contributed by atoms with van der Waals surface area (Å²) in [4.78, 5) is 0. The topological polar surface area (TPSA) is 44.0 Å². The molecule has 0 spiro atoms. The number of aliphatic hydroxyl groups excluding tert-OH is 1. The second-order valence-corrected chi connectivity index (χ2v) is 5.46. The number of rotatable bonds is 2. The van der Waals surface area contributed by atoms with Crippen molar-refractivity contribution in [3.05, 3.63) is 35.6 Å². The van der Waals surface area contributed by atoms with Crippen LogP contribution in [0.1, 0.15) is 56.6 Å². The molecule has 1 aromatic carbocycles. The van der Waals surface area contributed by atoms with Crippen LogP contribution in [0.5, 0.6) is 0 Å². The summed E-state index contributed by atoms with van der Waals surface area (Å²) < 4.78 is 13.8. The SMILES string of the molecule is N#CC1(C(O)c2ccccc2F)CCCCCCC1. The van der Waals surface area contributed by atoms with Crippen molar-refractivity contribution in [3.63, 3.8) is 0 Å². The van der Waals surface area contributed by atoms with Crippen molar-refractivity contribution in [1.82, 2.24) is 0 Å². The highest BCUT2D eigenvalue weighted by molar-refractivity contribution is 5.24. The predicted molar refractivity (Wildman–Crippen MR) is 71.7 cm³/mol. The van der Waals surface area contributed by atoms with E-state index < -0.39 is 17.3 Å². The average molecular weight is 261 g/mol. The van der Waals surface area contributed by atoms with Crippen LogP contribution in [0.15, 0.2) is 24.3 Å². The molecule has 0 amide bonds. The van der Waals surface area contributed by atoms with Gasteiger partial charge in [-0.25, -0.2) is 4.39 Å². The van der Waals surface area contributed by atoms with Crippen LogP contribution in [0.2, 0.25) is 0 Å². The van der Waals surface area contributed by atoms with Crippen molar-refractivity contribution in [2.24, 2.45) is 5.41 Å². The van der Waals surface area contributed by atoms with E-state index in [1.165, 1.54) is 12.5 Å². The minimum absolute atomic E-state index is 0.254. The van der Waals surface area contributed by atoms with E-state index in [4.69, 9.17) is 0 Å². The lowest BCUT2D eigenvalue weighted by molar-refractivity contribution is 0.0407. The van der Waals surface area contributed by atoms with Gasteiger partial charge in [0.05, 0.1) is 11.5 Å². The summed E-state index contributed by atoms with van der Waals surface area (Å²) in [6, 6.07) is 8.52. The molecule has 0 saturated heterocycles. The van der Waals surface area contributed by atoms with Gasteiger partial charge in [0.15, 0.2) is 0 Å². The molecule has 1 aliphatic rings. The third kappa shape index (κ3) is 2.96. The second kappa shape index (κ2) is 6.16. The second-order valence-electron chi connectivity index (χ2n) is 5.46. The van der Waals surface area contributed by atoms with Crippen molar-refractivity contribution in [1.29, 1.82) is 5.26 Å². The fourth-order valence-electron chi connectivity index (χ4n) is 2.98. The monoisotopic (exact) mass is 261 g/mol. The van der Waals surface area contributed by atoms with E-state index in [1.54, 1.807) is 18.2 Å². The molecule has 102 valence electrons.